The number of carbonyl (C=O) groups is 1. The molecule has 0 aromatic carbocycles. The van der Waals surface area contributed by atoms with Gasteiger partial charge in [-0.15, -0.1) is 26.2 Å². The summed E-state index contributed by atoms with van der Waals surface area (Å²) in [6, 6.07) is 3.54. The lowest BCUT2D eigenvalue weighted by molar-refractivity contribution is -0.136. The Hall–Kier alpha value is -2.07. The molecule has 0 spiro atoms. The topological polar surface area (TPSA) is 106 Å². The van der Waals surface area contributed by atoms with Crippen molar-refractivity contribution in [2.45, 2.75) is 15.8 Å². The Labute approximate surface area is 114 Å². The van der Waals surface area contributed by atoms with Crippen molar-refractivity contribution in [2.24, 2.45) is 0 Å². The predicted molar refractivity (Wildman–Crippen MR) is 66.2 cm³/mol. The second-order valence-electron chi connectivity index (χ2n) is 3.48. The third kappa shape index (κ3) is 2.69. The fourth-order valence-corrected chi connectivity index (χ4v) is 3.08. The summed E-state index contributed by atoms with van der Waals surface area (Å²) in [5, 5.41) is 26.3. The third-order valence-electron chi connectivity index (χ3n) is 2.10. The molecule has 0 aliphatic rings. The van der Waals surface area contributed by atoms with E-state index in [0.717, 1.165) is 4.34 Å². The first kappa shape index (κ1) is 12.0. The Morgan fingerprint density at radius 2 is 2.37 bits per heavy atom. The molecule has 10 heteroatoms. The summed E-state index contributed by atoms with van der Waals surface area (Å²) in [4.78, 5) is 14.8. The Bertz CT molecular complexity index is 739. The Morgan fingerprint density at radius 1 is 1.47 bits per heavy atom. The monoisotopic (exact) mass is 294 g/mol. The fraction of sp³-hybridized carbons (Fsp3) is 0.111. The lowest BCUT2D eigenvalue weighted by atomic mass is 10.3. The lowest BCUT2D eigenvalue weighted by Crippen LogP contribution is -1.99. The van der Waals surface area contributed by atoms with Crippen molar-refractivity contribution in [3.8, 4) is 0 Å². The smallest absolute Gasteiger partial charge is 0.309 e. The number of hydrogen-bond donors (Lipinski definition) is 1. The second kappa shape index (κ2) is 4.90. The normalized spacial score (nSPS) is 10.9. The van der Waals surface area contributed by atoms with Crippen molar-refractivity contribution in [3.63, 3.8) is 0 Å². The zero-order valence-electron chi connectivity index (χ0n) is 9.29. The van der Waals surface area contributed by atoms with E-state index in [0.29, 0.717) is 16.4 Å². The summed E-state index contributed by atoms with van der Waals surface area (Å²) in [5.41, 5.74) is 1.11. The van der Waals surface area contributed by atoms with Crippen molar-refractivity contribution in [1.82, 2.24) is 30.2 Å². The van der Waals surface area contributed by atoms with Crippen LogP contribution in [0.25, 0.3) is 5.65 Å². The molecule has 0 saturated carbocycles. The quantitative estimate of drug-likeness (QED) is 0.751. The van der Waals surface area contributed by atoms with Crippen LogP contribution >= 0.6 is 23.1 Å². The summed E-state index contributed by atoms with van der Waals surface area (Å²) >= 11 is 2.72. The first-order chi connectivity index (χ1) is 9.20. The first-order valence-electron chi connectivity index (χ1n) is 5.10. The van der Waals surface area contributed by atoms with E-state index in [1.807, 2.05) is 0 Å². The van der Waals surface area contributed by atoms with E-state index in [9.17, 15) is 4.79 Å². The average molecular weight is 294 g/mol. The van der Waals surface area contributed by atoms with Gasteiger partial charge in [0, 0.05) is 5.38 Å². The molecule has 3 heterocycles. The maximum atomic E-state index is 10.6. The highest BCUT2D eigenvalue weighted by molar-refractivity contribution is 8.00. The van der Waals surface area contributed by atoms with Crippen LogP contribution in [-0.4, -0.2) is 41.3 Å². The molecule has 96 valence electrons. The number of nitrogens with zero attached hydrogens (tertiary/aromatic N) is 6. The minimum Gasteiger partial charge on any atom is -0.481 e. The van der Waals surface area contributed by atoms with E-state index in [1.165, 1.54) is 27.7 Å². The van der Waals surface area contributed by atoms with E-state index in [1.54, 1.807) is 17.5 Å². The highest BCUT2D eigenvalue weighted by atomic mass is 32.2. The molecule has 0 aliphatic carbocycles. The van der Waals surface area contributed by atoms with Crippen LogP contribution in [0, 0.1) is 0 Å². The third-order valence-corrected chi connectivity index (χ3v) is 4.01. The largest absolute Gasteiger partial charge is 0.481 e. The van der Waals surface area contributed by atoms with Gasteiger partial charge in [-0.2, -0.15) is 0 Å². The van der Waals surface area contributed by atoms with Gasteiger partial charge in [0.2, 0.25) is 0 Å². The van der Waals surface area contributed by atoms with Crippen LogP contribution in [0.3, 0.4) is 0 Å². The predicted octanol–water partition coefficient (Wildman–Crippen LogP) is 0.754. The zero-order chi connectivity index (χ0) is 13.2. The molecule has 0 atom stereocenters. The molecular weight excluding hydrogens is 288 g/mol. The molecule has 0 aliphatic heterocycles. The molecule has 19 heavy (non-hydrogen) atoms. The molecule has 1 N–H and O–H groups in total. The standard InChI is InChI=1S/C9H6N6O2S2/c16-8(17)3-5-4-18-9(10-5)19-7-2-1-6-11-13-14-15(6)12-7/h1-2,4H,3H2,(H,16,17). The van der Waals surface area contributed by atoms with E-state index >= 15 is 0 Å². The van der Waals surface area contributed by atoms with Crippen LogP contribution in [-0.2, 0) is 11.2 Å². The highest BCUT2D eigenvalue weighted by Crippen LogP contribution is 2.28. The Kier molecular flexibility index (Phi) is 3.09. The van der Waals surface area contributed by atoms with E-state index in [4.69, 9.17) is 5.11 Å². The molecule has 3 aromatic rings. The van der Waals surface area contributed by atoms with Crippen LogP contribution in [0.15, 0.2) is 26.9 Å². The lowest BCUT2D eigenvalue weighted by Gasteiger charge is -1.95. The number of aliphatic carboxylic acids is 1. The molecule has 0 amide bonds. The summed E-state index contributed by atoms with van der Waals surface area (Å²) in [6.45, 7) is 0. The summed E-state index contributed by atoms with van der Waals surface area (Å²) in [7, 11) is 0. The molecular formula is C9H6N6O2S2. The van der Waals surface area contributed by atoms with Crippen molar-refractivity contribution in [2.75, 3.05) is 0 Å². The van der Waals surface area contributed by atoms with Gasteiger partial charge in [0.15, 0.2) is 9.99 Å². The van der Waals surface area contributed by atoms with Crippen LogP contribution < -0.4 is 0 Å². The molecule has 0 bridgehead atoms. The summed E-state index contributed by atoms with van der Waals surface area (Å²) in [5.74, 6) is -0.893. The van der Waals surface area contributed by atoms with E-state index < -0.39 is 5.97 Å². The van der Waals surface area contributed by atoms with Crippen LogP contribution in [0.1, 0.15) is 5.69 Å². The molecule has 8 nitrogen and oxygen atoms in total. The van der Waals surface area contributed by atoms with Crippen molar-refractivity contribution in [3.05, 3.63) is 23.2 Å². The molecule has 3 rings (SSSR count). The van der Waals surface area contributed by atoms with Crippen molar-refractivity contribution < 1.29 is 9.90 Å². The Balaban J connectivity index is 1.80. The van der Waals surface area contributed by atoms with Gasteiger partial charge in [0.1, 0.15) is 5.03 Å². The maximum absolute atomic E-state index is 10.6. The van der Waals surface area contributed by atoms with Crippen LogP contribution in [0.4, 0.5) is 0 Å². The Morgan fingerprint density at radius 3 is 3.21 bits per heavy atom. The number of carboxylic acid groups (broad SMARTS) is 1. The average Bonchev–Trinajstić information content (AvgIpc) is 2.97. The van der Waals surface area contributed by atoms with Gasteiger partial charge in [0.25, 0.3) is 0 Å². The van der Waals surface area contributed by atoms with Gasteiger partial charge in [-0.1, -0.05) is 0 Å². The minimum atomic E-state index is -0.893. The zero-order valence-corrected chi connectivity index (χ0v) is 10.9. The number of thiazole rings is 1. The van der Waals surface area contributed by atoms with Crippen molar-refractivity contribution in [1.29, 1.82) is 0 Å². The SMILES string of the molecule is O=C(O)Cc1csc(Sc2ccc3nnnn3n2)n1. The van der Waals surface area contributed by atoms with Crippen LogP contribution in [0.5, 0.6) is 0 Å². The van der Waals surface area contributed by atoms with Crippen molar-refractivity contribution >= 4 is 34.7 Å². The van der Waals surface area contributed by atoms with E-state index in [-0.39, 0.29) is 6.42 Å². The first-order valence-corrected chi connectivity index (χ1v) is 6.80. The second-order valence-corrected chi connectivity index (χ2v) is 5.60. The molecule has 0 unspecified atom stereocenters. The number of rotatable bonds is 4. The molecule has 0 fully saturated rings. The number of fused-ring (bicyclic) bond motifs is 1. The summed E-state index contributed by atoms with van der Waals surface area (Å²) in [6.07, 6.45) is -0.0729. The van der Waals surface area contributed by atoms with E-state index in [2.05, 4.69) is 25.6 Å². The van der Waals surface area contributed by atoms with Gasteiger partial charge >= 0.3 is 5.97 Å². The number of aromatic nitrogens is 6. The minimum absolute atomic E-state index is 0.0729. The van der Waals surface area contributed by atoms with Gasteiger partial charge in [-0.3, -0.25) is 4.79 Å². The van der Waals surface area contributed by atoms with Gasteiger partial charge in [0.05, 0.1) is 12.1 Å². The number of hydrogen-bond acceptors (Lipinski definition) is 8. The summed E-state index contributed by atoms with van der Waals surface area (Å²) < 4.78 is 2.06. The van der Waals surface area contributed by atoms with Gasteiger partial charge < -0.3 is 5.11 Å². The molecule has 0 saturated heterocycles. The fourth-order valence-electron chi connectivity index (χ4n) is 1.35. The molecule has 0 radical (unpaired) electrons. The highest BCUT2D eigenvalue weighted by Gasteiger charge is 2.09. The maximum Gasteiger partial charge on any atom is 0.309 e. The number of tetrazole rings is 1. The number of carboxylic acids is 1. The van der Waals surface area contributed by atoms with Gasteiger partial charge in [-0.05, 0) is 34.3 Å². The van der Waals surface area contributed by atoms with Crippen LogP contribution in [0.2, 0.25) is 0 Å². The van der Waals surface area contributed by atoms with Gasteiger partial charge in [-0.25, -0.2) is 4.98 Å². The molecule has 3 aromatic heterocycles.